The molecule has 0 unspecified atom stereocenters. The summed E-state index contributed by atoms with van der Waals surface area (Å²) in [5.41, 5.74) is 2.10. The van der Waals surface area contributed by atoms with Crippen LogP contribution in [0.1, 0.15) is 77.1 Å². The van der Waals surface area contributed by atoms with Gasteiger partial charge in [0.25, 0.3) is 0 Å². The fraction of sp³-hybridized carbons (Fsp3) is 0.133. The number of aryl methyl sites for hydroxylation is 2. The second-order valence-corrected chi connectivity index (χ2v) is 9.97. The molecule has 38 heavy (non-hydrogen) atoms. The van der Waals surface area contributed by atoms with Crippen LogP contribution in [0.2, 0.25) is 0 Å². The molecule has 0 saturated heterocycles. The molecule has 0 fully saturated rings. The van der Waals surface area contributed by atoms with Crippen LogP contribution in [0.25, 0.3) is 0 Å². The van der Waals surface area contributed by atoms with Gasteiger partial charge in [-0.25, -0.2) is 0 Å². The summed E-state index contributed by atoms with van der Waals surface area (Å²) in [6.45, 7) is 3.47. The first-order chi connectivity index (χ1) is 18.0. The molecule has 190 valence electrons. The summed E-state index contributed by atoms with van der Waals surface area (Å²) < 4.78 is 0. The fourth-order valence-electron chi connectivity index (χ4n) is 6.13. The van der Waals surface area contributed by atoms with E-state index in [0.717, 1.165) is 12.1 Å². The van der Waals surface area contributed by atoms with Crippen molar-refractivity contribution < 1.29 is 40.2 Å². The van der Waals surface area contributed by atoms with Crippen LogP contribution in [0, 0.1) is 13.8 Å². The van der Waals surface area contributed by atoms with Gasteiger partial charge in [0.05, 0.1) is 22.3 Å². The van der Waals surface area contributed by atoms with Gasteiger partial charge in [0.2, 0.25) is 11.6 Å². The Bertz CT molecular complexity index is 1500. The third-order valence-corrected chi connectivity index (χ3v) is 7.43. The second kappa shape index (κ2) is 7.76. The van der Waals surface area contributed by atoms with E-state index in [1.807, 2.05) is 0 Å². The quantitative estimate of drug-likeness (QED) is 0.217. The molecule has 0 amide bonds. The van der Waals surface area contributed by atoms with E-state index in [0.29, 0.717) is 22.3 Å². The van der Waals surface area contributed by atoms with Crippen molar-refractivity contribution in [2.75, 3.05) is 0 Å². The Labute approximate surface area is 216 Å². The van der Waals surface area contributed by atoms with Crippen molar-refractivity contribution >= 4 is 11.6 Å². The van der Waals surface area contributed by atoms with Crippen LogP contribution in [0.3, 0.4) is 0 Å². The van der Waals surface area contributed by atoms with E-state index in [9.17, 15) is 40.2 Å². The van der Waals surface area contributed by atoms with Gasteiger partial charge in [-0.3, -0.25) is 9.59 Å². The van der Waals surface area contributed by atoms with E-state index in [1.165, 1.54) is 24.3 Å². The Hall–Kier alpha value is -4.98. The van der Waals surface area contributed by atoms with Crippen LogP contribution >= 0.6 is 0 Å². The average Bonchev–Trinajstić information content (AvgIpc) is 2.78. The van der Waals surface area contributed by atoms with Crippen LogP contribution in [0.4, 0.5) is 0 Å². The Morgan fingerprint density at radius 2 is 0.737 bits per heavy atom. The molecule has 6 N–H and O–H groups in total. The van der Waals surface area contributed by atoms with Crippen LogP contribution in [0.15, 0.2) is 48.5 Å². The van der Waals surface area contributed by atoms with E-state index in [-0.39, 0.29) is 56.4 Å². The highest BCUT2D eigenvalue weighted by Gasteiger charge is 2.46. The molecule has 2 atom stereocenters. The van der Waals surface area contributed by atoms with Gasteiger partial charge >= 0.3 is 0 Å². The van der Waals surface area contributed by atoms with Crippen molar-refractivity contribution in [3.05, 3.63) is 104 Å². The Kier molecular flexibility index (Phi) is 4.78. The molecule has 0 saturated carbocycles. The molecular formula is C30H22O8. The van der Waals surface area contributed by atoms with Gasteiger partial charge in [0, 0.05) is 24.0 Å². The van der Waals surface area contributed by atoms with Crippen molar-refractivity contribution in [3.63, 3.8) is 0 Å². The molecule has 4 aromatic carbocycles. The Morgan fingerprint density at radius 1 is 0.447 bits per heavy atom. The zero-order valence-corrected chi connectivity index (χ0v) is 20.3. The molecule has 0 bridgehead atoms. The zero-order valence-electron chi connectivity index (χ0n) is 20.3. The van der Waals surface area contributed by atoms with Gasteiger partial charge in [-0.15, -0.1) is 0 Å². The average molecular weight is 510 g/mol. The highest BCUT2D eigenvalue weighted by atomic mass is 16.3. The molecule has 6 rings (SSSR count). The predicted molar refractivity (Wildman–Crippen MR) is 136 cm³/mol. The number of carbonyl (C=O) groups excluding carboxylic acids is 2. The maximum absolute atomic E-state index is 13.6. The number of hydrogen-bond acceptors (Lipinski definition) is 8. The van der Waals surface area contributed by atoms with Crippen LogP contribution in [-0.2, 0) is 0 Å². The maximum Gasteiger partial charge on any atom is 0.201 e. The first kappa shape index (κ1) is 23.4. The van der Waals surface area contributed by atoms with Gasteiger partial charge in [-0.05, 0) is 71.5 Å². The number of aromatic hydroxyl groups is 6. The summed E-state index contributed by atoms with van der Waals surface area (Å²) in [5.74, 6) is -5.26. The standard InChI is InChI=1S/C30H22O8/c1-11-3-15-23(17-7-13(31)9-21(35)27(17)29(37)25(15)19(33)5-11)24-16-4-12(2)6-20(34)26(16)30(38)28-18(24)8-14(32)10-22(28)36/h3-10,23-24,31-36H,1-2H3/t23-,24-/m0/s1. The molecule has 0 spiro atoms. The second-order valence-electron chi connectivity index (χ2n) is 9.97. The molecule has 0 radical (unpaired) electrons. The Morgan fingerprint density at radius 3 is 1.08 bits per heavy atom. The normalized spacial score (nSPS) is 17.4. The summed E-state index contributed by atoms with van der Waals surface area (Å²) >= 11 is 0. The zero-order chi connectivity index (χ0) is 27.2. The minimum atomic E-state index is -0.894. The third-order valence-electron chi connectivity index (χ3n) is 7.43. The highest BCUT2D eigenvalue weighted by molar-refractivity contribution is 6.18. The van der Waals surface area contributed by atoms with Gasteiger partial charge < -0.3 is 30.6 Å². The number of benzene rings is 4. The summed E-state index contributed by atoms with van der Waals surface area (Å²) in [6, 6.07) is 11.0. The first-order valence-corrected chi connectivity index (χ1v) is 11.9. The number of fused-ring (bicyclic) bond motifs is 4. The van der Waals surface area contributed by atoms with E-state index < -0.39 is 34.9 Å². The third kappa shape index (κ3) is 3.10. The van der Waals surface area contributed by atoms with Gasteiger partial charge in [-0.2, -0.15) is 0 Å². The van der Waals surface area contributed by atoms with E-state index in [2.05, 4.69) is 0 Å². The van der Waals surface area contributed by atoms with Crippen LogP contribution in [0.5, 0.6) is 34.5 Å². The number of ketones is 2. The van der Waals surface area contributed by atoms with Crippen molar-refractivity contribution in [2.45, 2.75) is 25.7 Å². The smallest absolute Gasteiger partial charge is 0.201 e. The number of hydrogen-bond donors (Lipinski definition) is 6. The lowest BCUT2D eigenvalue weighted by atomic mass is 9.63. The van der Waals surface area contributed by atoms with Crippen molar-refractivity contribution in [3.8, 4) is 34.5 Å². The monoisotopic (exact) mass is 510 g/mol. The predicted octanol–water partition coefficient (Wildman–Crippen LogP) is 4.59. The maximum atomic E-state index is 13.6. The minimum absolute atomic E-state index is 0.0460. The molecule has 0 aliphatic heterocycles. The first-order valence-electron chi connectivity index (χ1n) is 11.9. The van der Waals surface area contributed by atoms with Crippen LogP contribution < -0.4 is 0 Å². The lowest BCUT2D eigenvalue weighted by molar-refractivity contribution is 0.101. The van der Waals surface area contributed by atoms with Crippen molar-refractivity contribution in [1.82, 2.24) is 0 Å². The molecule has 0 aromatic heterocycles. The lowest BCUT2D eigenvalue weighted by Gasteiger charge is -2.38. The molecule has 2 aliphatic carbocycles. The number of phenols is 6. The largest absolute Gasteiger partial charge is 0.508 e. The number of rotatable bonds is 1. The number of carbonyl (C=O) groups is 2. The lowest BCUT2D eigenvalue weighted by Crippen LogP contribution is -2.29. The van der Waals surface area contributed by atoms with Gasteiger partial charge in [0.15, 0.2) is 0 Å². The summed E-state index contributed by atoms with van der Waals surface area (Å²) in [6.07, 6.45) is 0. The molecule has 0 heterocycles. The van der Waals surface area contributed by atoms with Crippen molar-refractivity contribution in [1.29, 1.82) is 0 Å². The fourth-order valence-corrected chi connectivity index (χ4v) is 6.13. The topological polar surface area (TPSA) is 156 Å². The minimum Gasteiger partial charge on any atom is -0.508 e. The highest BCUT2D eigenvalue weighted by Crippen LogP contribution is 2.56. The van der Waals surface area contributed by atoms with Crippen LogP contribution in [-0.4, -0.2) is 42.2 Å². The van der Waals surface area contributed by atoms with Gasteiger partial charge in [-0.1, -0.05) is 12.1 Å². The van der Waals surface area contributed by atoms with E-state index in [4.69, 9.17) is 0 Å². The summed E-state index contributed by atoms with van der Waals surface area (Å²) in [4.78, 5) is 27.2. The van der Waals surface area contributed by atoms with E-state index in [1.54, 1.807) is 26.0 Å². The summed E-state index contributed by atoms with van der Waals surface area (Å²) in [7, 11) is 0. The molecule has 2 aliphatic rings. The van der Waals surface area contributed by atoms with Gasteiger partial charge in [0.1, 0.15) is 34.5 Å². The summed E-state index contributed by atoms with van der Waals surface area (Å²) in [5, 5.41) is 64.2. The molecule has 8 heteroatoms. The SMILES string of the molecule is Cc1cc(O)c2c(c1)[C@H]([C@H]1c3cc(C)cc(O)c3C(=O)c3c(O)cc(O)cc31)c1cc(O)cc(O)c1C2=O. The number of phenolic OH excluding ortho intramolecular Hbond substituents is 6. The van der Waals surface area contributed by atoms with E-state index >= 15 is 0 Å². The molecule has 4 aromatic rings. The molecule has 8 nitrogen and oxygen atoms in total. The van der Waals surface area contributed by atoms with Crippen molar-refractivity contribution in [2.24, 2.45) is 0 Å². The molecular weight excluding hydrogens is 488 g/mol. The Balaban J connectivity index is 1.80.